The maximum Gasteiger partial charge on any atom is 0.325 e. The fraction of sp³-hybridized carbons (Fsp3) is 0. The van der Waals surface area contributed by atoms with Crippen molar-refractivity contribution in [1.82, 2.24) is 9.97 Å². The lowest BCUT2D eigenvalue weighted by molar-refractivity contribution is 0.565. The van der Waals surface area contributed by atoms with Crippen LogP contribution in [0.1, 0.15) is 0 Å². The van der Waals surface area contributed by atoms with Crippen molar-refractivity contribution < 1.29 is 4.79 Å². The summed E-state index contributed by atoms with van der Waals surface area (Å²) in [5, 5.41) is 0. The van der Waals surface area contributed by atoms with Gasteiger partial charge in [0.2, 0.25) is 6.08 Å². The minimum absolute atomic E-state index is 0.167. The number of aliphatic imine (C=N–C) groups is 1. The van der Waals surface area contributed by atoms with Gasteiger partial charge in [-0.25, -0.2) is 9.59 Å². The predicted octanol–water partition coefficient (Wildman–Crippen LogP) is -0.970. The lowest BCUT2D eigenvalue weighted by Crippen LogP contribution is -2.20. The minimum Gasteiger partial charge on any atom is -0.312 e. The highest BCUT2D eigenvalue weighted by Crippen LogP contribution is 1.94. The second-order valence-electron chi connectivity index (χ2n) is 1.66. The lowest BCUT2D eigenvalue weighted by Gasteiger charge is -1.84. The van der Waals surface area contributed by atoms with Gasteiger partial charge in [0.25, 0.3) is 5.56 Å². The molecule has 0 amide bonds. The van der Waals surface area contributed by atoms with E-state index in [0.717, 1.165) is 6.20 Å². The first-order chi connectivity index (χ1) is 5.24. The van der Waals surface area contributed by atoms with Crippen molar-refractivity contribution in [2.24, 2.45) is 4.99 Å². The van der Waals surface area contributed by atoms with Crippen LogP contribution in [0.5, 0.6) is 0 Å². The van der Waals surface area contributed by atoms with E-state index in [9.17, 15) is 14.4 Å². The number of isocyanates is 1. The van der Waals surface area contributed by atoms with Crippen molar-refractivity contribution in [3.63, 3.8) is 0 Å². The summed E-state index contributed by atoms with van der Waals surface area (Å²) in [5.74, 6) is 0. The van der Waals surface area contributed by atoms with E-state index in [1.807, 2.05) is 4.98 Å². The topological polar surface area (TPSA) is 95.2 Å². The van der Waals surface area contributed by atoms with Gasteiger partial charge in [-0.15, -0.1) is 0 Å². The zero-order chi connectivity index (χ0) is 8.27. The minimum atomic E-state index is -0.711. The van der Waals surface area contributed by atoms with Crippen LogP contribution < -0.4 is 11.2 Å². The fourth-order valence-corrected chi connectivity index (χ4v) is 0.535. The molecule has 0 aliphatic carbocycles. The van der Waals surface area contributed by atoms with Gasteiger partial charge in [-0.3, -0.25) is 9.78 Å². The van der Waals surface area contributed by atoms with Crippen molar-refractivity contribution in [3.05, 3.63) is 27.0 Å². The summed E-state index contributed by atoms with van der Waals surface area (Å²) in [7, 11) is 0. The summed E-state index contributed by atoms with van der Waals surface area (Å²) in [6.07, 6.45) is 2.21. The van der Waals surface area contributed by atoms with Crippen molar-refractivity contribution in [2.45, 2.75) is 0 Å². The van der Waals surface area contributed by atoms with Crippen LogP contribution in [-0.4, -0.2) is 16.0 Å². The number of aromatic nitrogens is 2. The third kappa shape index (κ3) is 1.50. The molecule has 1 aromatic rings. The molecule has 1 rings (SSSR count). The number of aromatic amines is 2. The Bertz CT molecular complexity index is 409. The smallest absolute Gasteiger partial charge is 0.312 e. The highest BCUT2D eigenvalue weighted by atomic mass is 16.2. The van der Waals surface area contributed by atoms with Gasteiger partial charge >= 0.3 is 5.69 Å². The van der Waals surface area contributed by atoms with Gasteiger partial charge in [-0.1, -0.05) is 0 Å². The van der Waals surface area contributed by atoms with Crippen LogP contribution in [0.25, 0.3) is 0 Å². The van der Waals surface area contributed by atoms with Crippen LogP contribution in [0.3, 0.4) is 0 Å². The van der Waals surface area contributed by atoms with Crippen LogP contribution >= 0.6 is 0 Å². The molecule has 0 spiro atoms. The maximum absolute atomic E-state index is 10.7. The van der Waals surface area contributed by atoms with Crippen molar-refractivity contribution in [1.29, 1.82) is 0 Å². The van der Waals surface area contributed by atoms with Gasteiger partial charge < -0.3 is 4.98 Å². The van der Waals surface area contributed by atoms with Crippen LogP contribution in [-0.2, 0) is 4.79 Å². The van der Waals surface area contributed by atoms with Crippen molar-refractivity contribution >= 4 is 11.8 Å². The first-order valence-corrected chi connectivity index (χ1v) is 2.64. The van der Waals surface area contributed by atoms with E-state index in [1.165, 1.54) is 6.08 Å². The Hall–Kier alpha value is -1.94. The summed E-state index contributed by atoms with van der Waals surface area (Å²) in [4.78, 5) is 37.8. The average molecular weight is 153 g/mol. The Kier molecular flexibility index (Phi) is 1.80. The van der Waals surface area contributed by atoms with E-state index in [2.05, 4.69) is 9.98 Å². The lowest BCUT2D eigenvalue weighted by atomic mass is 10.5. The fourth-order valence-electron chi connectivity index (χ4n) is 0.535. The zero-order valence-electron chi connectivity index (χ0n) is 5.25. The van der Waals surface area contributed by atoms with Gasteiger partial charge in [-0.05, 0) is 0 Å². The number of rotatable bonds is 1. The largest absolute Gasteiger partial charge is 0.325 e. The SMILES string of the molecule is O=C=Nc1c[nH]c(=O)[nH]c1=O. The molecule has 11 heavy (non-hydrogen) atoms. The van der Waals surface area contributed by atoms with Crippen LogP contribution in [0.15, 0.2) is 20.8 Å². The molecule has 0 aliphatic heterocycles. The predicted molar refractivity (Wildman–Crippen MR) is 35.5 cm³/mol. The average Bonchev–Trinajstić information content (AvgIpc) is 1.95. The molecule has 6 nitrogen and oxygen atoms in total. The molecule has 0 saturated heterocycles. The summed E-state index contributed by atoms with van der Waals surface area (Å²) in [5.41, 5.74) is -1.52. The summed E-state index contributed by atoms with van der Waals surface area (Å²) in [6, 6.07) is 0. The summed E-state index contributed by atoms with van der Waals surface area (Å²) >= 11 is 0. The Morgan fingerprint density at radius 3 is 2.73 bits per heavy atom. The van der Waals surface area contributed by atoms with Gasteiger partial charge in [0.1, 0.15) is 0 Å². The number of carbonyl (C=O) groups excluding carboxylic acids is 1. The molecule has 0 aromatic carbocycles. The molecular weight excluding hydrogens is 150 g/mol. The third-order valence-electron chi connectivity index (χ3n) is 0.966. The van der Waals surface area contributed by atoms with Gasteiger partial charge in [-0.2, -0.15) is 4.99 Å². The highest BCUT2D eigenvalue weighted by Gasteiger charge is 1.94. The molecule has 1 heterocycles. The number of H-pyrrole nitrogens is 2. The third-order valence-corrected chi connectivity index (χ3v) is 0.966. The van der Waals surface area contributed by atoms with Gasteiger partial charge in [0.15, 0.2) is 5.69 Å². The first-order valence-electron chi connectivity index (χ1n) is 2.64. The highest BCUT2D eigenvalue weighted by molar-refractivity contribution is 5.45. The molecule has 56 valence electrons. The van der Waals surface area contributed by atoms with Crippen LogP contribution in [0, 0.1) is 0 Å². The number of hydrogen-bond acceptors (Lipinski definition) is 4. The Labute approximate surface area is 59.6 Å². The molecule has 2 N–H and O–H groups in total. The summed E-state index contributed by atoms with van der Waals surface area (Å²) in [6.45, 7) is 0. The quantitative estimate of drug-likeness (QED) is 0.401. The molecule has 0 atom stereocenters. The molecule has 0 aliphatic rings. The number of nitrogens with zero attached hydrogens (tertiary/aromatic N) is 1. The standard InChI is InChI=1S/C5H3N3O3/c9-2-7-3-1-6-5(11)8-4(3)10/h1H,(H2,6,8,10,11). The molecular formula is C5H3N3O3. The van der Waals surface area contributed by atoms with Crippen LogP contribution in [0.2, 0.25) is 0 Å². The second-order valence-corrected chi connectivity index (χ2v) is 1.66. The van der Waals surface area contributed by atoms with Crippen molar-refractivity contribution in [2.75, 3.05) is 0 Å². The zero-order valence-corrected chi connectivity index (χ0v) is 5.25. The van der Waals surface area contributed by atoms with E-state index < -0.39 is 11.2 Å². The number of hydrogen-bond donors (Lipinski definition) is 2. The maximum atomic E-state index is 10.7. The molecule has 0 fully saturated rings. The van der Waals surface area contributed by atoms with E-state index in [1.54, 1.807) is 0 Å². The van der Waals surface area contributed by atoms with E-state index in [-0.39, 0.29) is 5.69 Å². The molecule has 6 heteroatoms. The van der Waals surface area contributed by atoms with Crippen molar-refractivity contribution in [3.8, 4) is 0 Å². The Balaban J connectivity index is 3.42. The van der Waals surface area contributed by atoms with E-state index >= 15 is 0 Å². The number of nitrogens with one attached hydrogen (secondary N) is 2. The molecule has 0 bridgehead atoms. The normalized spacial score (nSPS) is 8.73. The van der Waals surface area contributed by atoms with E-state index in [4.69, 9.17) is 0 Å². The first kappa shape index (κ1) is 7.17. The molecule has 0 saturated carbocycles. The van der Waals surface area contributed by atoms with Crippen LogP contribution in [0.4, 0.5) is 5.69 Å². The Morgan fingerprint density at radius 1 is 1.45 bits per heavy atom. The second kappa shape index (κ2) is 2.76. The Morgan fingerprint density at radius 2 is 2.18 bits per heavy atom. The molecule has 0 radical (unpaired) electrons. The van der Waals surface area contributed by atoms with E-state index in [0.29, 0.717) is 0 Å². The monoisotopic (exact) mass is 153 g/mol. The molecule has 0 unspecified atom stereocenters. The summed E-state index contributed by atoms with van der Waals surface area (Å²) < 4.78 is 0. The molecule has 1 aromatic heterocycles. The van der Waals surface area contributed by atoms with Gasteiger partial charge in [0.05, 0.1) is 0 Å². The van der Waals surface area contributed by atoms with Gasteiger partial charge in [0, 0.05) is 6.20 Å².